The predicted molar refractivity (Wildman–Crippen MR) is 105 cm³/mol. The number of carbonyl (C=O) groups excluding carboxylic acids is 1. The van der Waals surface area contributed by atoms with Crippen LogP contribution in [0.1, 0.15) is 35.2 Å². The molecular weight excluding hydrogens is 357 g/mol. The maximum atomic E-state index is 14.0. The lowest BCUT2D eigenvalue weighted by Gasteiger charge is -2.45. The Balaban J connectivity index is 1.79. The first-order valence-corrected chi connectivity index (χ1v) is 9.36. The van der Waals surface area contributed by atoms with Gasteiger partial charge in [-0.25, -0.2) is 4.39 Å². The Hall–Kier alpha value is -2.83. The minimum Gasteiger partial charge on any atom is -0.391 e. The molecule has 6 heteroatoms. The van der Waals surface area contributed by atoms with Crippen LogP contribution in [0.3, 0.4) is 0 Å². The van der Waals surface area contributed by atoms with Gasteiger partial charge >= 0.3 is 0 Å². The SMILES string of the molecule is NC1C(O)CCCC1(NC(=O)c1cncc2ccccc12)c1cccc(F)c1. The van der Waals surface area contributed by atoms with Gasteiger partial charge in [0.2, 0.25) is 0 Å². The average molecular weight is 379 g/mol. The van der Waals surface area contributed by atoms with Gasteiger partial charge in [-0.05, 0) is 42.3 Å². The van der Waals surface area contributed by atoms with Gasteiger partial charge in [-0.1, -0.05) is 36.4 Å². The zero-order chi connectivity index (χ0) is 19.7. The first kappa shape index (κ1) is 18.5. The number of benzene rings is 2. The standard InChI is InChI=1S/C22H22FN3O2/c23-16-7-3-6-15(11-16)22(10-4-9-19(27)20(22)24)26-21(28)18-13-25-12-14-5-1-2-8-17(14)18/h1-3,5-8,11-13,19-20,27H,4,9-10,24H2,(H,26,28). The highest BCUT2D eigenvalue weighted by atomic mass is 19.1. The Morgan fingerprint density at radius 3 is 2.86 bits per heavy atom. The Bertz CT molecular complexity index is 1020. The number of rotatable bonds is 3. The van der Waals surface area contributed by atoms with Gasteiger partial charge in [0.1, 0.15) is 5.82 Å². The minimum absolute atomic E-state index is 0.349. The molecule has 0 spiro atoms. The van der Waals surface area contributed by atoms with E-state index in [0.717, 1.165) is 10.8 Å². The van der Waals surface area contributed by atoms with Crippen LogP contribution in [0.5, 0.6) is 0 Å². The predicted octanol–water partition coefficient (Wildman–Crippen LogP) is 2.87. The van der Waals surface area contributed by atoms with Gasteiger partial charge in [0, 0.05) is 17.8 Å². The molecule has 1 aliphatic rings. The Kier molecular flexibility index (Phi) is 4.83. The van der Waals surface area contributed by atoms with E-state index in [1.165, 1.54) is 18.3 Å². The molecule has 0 saturated heterocycles. The second-order valence-electron chi connectivity index (χ2n) is 7.33. The normalized spacial score (nSPS) is 24.8. The van der Waals surface area contributed by atoms with Crippen LogP contribution in [-0.4, -0.2) is 28.1 Å². The third kappa shape index (κ3) is 3.15. The van der Waals surface area contributed by atoms with Crippen molar-refractivity contribution in [3.63, 3.8) is 0 Å². The second kappa shape index (κ2) is 7.30. The number of pyridine rings is 1. The Labute approximate surface area is 162 Å². The Morgan fingerprint density at radius 2 is 2.04 bits per heavy atom. The van der Waals surface area contributed by atoms with E-state index in [-0.39, 0.29) is 5.91 Å². The molecule has 144 valence electrons. The van der Waals surface area contributed by atoms with Crippen molar-refractivity contribution in [2.24, 2.45) is 5.73 Å². The van der Waals surface area contributed by atoms with Crippen molar-refractivity contribution in [2.45, 2.75) is 36.9 Å². The molecule has 28 heavy (non-hydrogen) atoms. The highest BCUT2D eigenvalue weighted by molar-refractivity contribution is 6.06. The third-order valence-corrected chi connectivity index (χ3v) is 5.64. The highest BCUT2D eigenvalue weighted by Gasteiger charge is 2.46. The molecule has 3 unspecified atom stereocenters. The summed E-state index contributed by atoms with van der Waals surface area (Å²) in [5.74, 6) is -0.761. The topological polar surface area (TPSA) is 88.2 Å². The van der Waals surface area contributed by atoms with Crippen LogP contribution in [-0.2, 0) is 5.54 Å². The van der Waals surface area contributed by atoms with Crippen LogP contribution >= 0.6 is 0 Å². The second-order valence-corrected chi connectivity index (χ2v) is 7.33. The first-order valence-electron chi connectivity index (χ1n) is 9.36. The molecular formula is C22H22FN3O2. The van der Waals surface area contributed by atoms with Gasteiger partial charge in [-0.3, -0.25) is 9.78 Å². The monoisotopic (exact) mass is 379 g/mol. The van der Waals surface area contributed by atoms with Crippen molar-refractivity contribution in [2.75, 3.05) is 0 Å². The number of hydrogen-bond donors (Lipinski definition) is 3. The number of aromatic nitrogens is 1. The quantitative estimate of drug-likeness (QED) is 0.653. The molecule has 2 aromatic carbocycles. The molecule has 0 bridgehead atoms. The molecule has 3 atom stereocenters. The number of amides is 1. The maximum absolute atomic E-state index is 14.0. The summed E-state index contributed by atoms with van der Waals surface area (Å²) in [6.45, 7) is 0. The smallest absolute Gasteiger partial charge is 0.254 e. The molecule has 1 aliphatic carbocycles. The number of fused-ring (bicyclic) bond motifs is 1. The van der Waals surface area contributed by atoms with Gasteiger partial charge in [0.15, 0.2) is 0 Å². The molecule has 1 heterocycles. The molecule has 4 N–H and O–H groups in total. The fourth-order valence-electron chi connectivity index (χ4n) is 4.15. The van der Waals surface area contributed by atoms with Crippen molar-refractivity contribution in [3.05, 3.63) is 77.9 Å². The van der Waals surface area contributed by atoms with E-state index in [9.17, 15) is 14.3 Å². The van der Waals surface area contributed by atoms with Crippen molar-refractivity contribution in [1.29, 1.82) is 0 Å². The number of nitrogens with one attached hydrogen (secondary N) is 1. The number of carbonyl (C=O) groups is 1. The van der Waals surface area contributed by atoms with E-state index in [4.69, 9.17) is 5.73 Å². The van der Waals surface area contributed by atoms with Crippen molar-refractivity contribution >= 4 is 16.7 Å². The molecule has 1 amide bonds. The number of halogens is 1. The van der Waals surface area contributed by atoms with E-state index < -0.39 is 23.5 Å². The molecule has 4 rings (SSSR count). The van der Waals surface area contributed by atoms with Gasteiger partial charge in [0.05, 0.1) is 23.2 Å². The fourth-order valence-corrected chi connectivity index (χ4v) is 4.15. The summed E-state index contributed by atoms with van der Waals surface area (Å²) in [4.78, 5) is 17.4. The fraction of sp³-hybridized carbons (Fsp3) is 0.273. The van der Waals surface area contributed by atoms with Crippen LogP contribution in [0.2, 0.25) is 0 Å². The molecule has 0 aliphatic heterocycles. The van der Waals surface area contributed by atoms with Crippen LogP contribution in [0, 0.1) is 5.82 Å². The minimum atomic E-state index is -1.06. The summed E-state index contributed by atoms with van der Waals surface area (Å²) in [6.07, 6.45) is 4.15. The van der Waals surface area contributed by atoms with E-state index >= 15 is 0 Å². The summed E-state index contributed by atoms with van der Waals surface area (Å²) < 4.78 is 14.0. The lowest BCUT2D eigenvalue weighted by Crippen LogP contribution is -2.63. The summed E-state index contributed by atoms with van der Waals surface area (Å²) >= 11 is 0. The van der Waals surface area contributed by atoms with Gasteiger partial charge in [-0.2, -0.15) is 0 Å². The van der Waals surface area contributed by atoms with Gasteiger partial charge in [-0.15, -0.1) is 0 Å². The van der Waals surface area contributed by atoms with Crippen LogP contribution in [0.25, 0.3) is 10.8 Å². The van der Waals surface area contributed by atoms with Crippen LogP contribution < -0.4 is 11.1 Å². The van der Waals surface area contributed by atoms with Gasteiger partial charge in [0.25, 0.3) is 5.91 Å². The molecule has 0 radical (unpaired) electrons. The molecule has 5 nitrogen and oxygen atoms in total. The molecule has 1 fully saturated rings. The number of aliphatic hydroxyl groups is 1. The highest BCUT2D eigenvalue weighted by Crippen LogP contribution is 2.37. The van der Waals surface area contributed by atoms with Gasteiger partial charge < -0.3 is 16.2 Å². The van der Waals surface area contributed by atoms with Crippen molar-refractivity contribution in [3.8, 4) is 0 Å². The number of aliphatic hydroxyl groups excluding tert-OH is 1. The average Bonchev–Trinajstić information content (AvgIpc) is 2.71. The lowest BCUT2D eigenvalue weighted by molar-refractivity contribution is 0.0399. The van der Waals surface area contributed by atoms with Crippen molar-refractivity contribution < 1.29 is 14.3 Å². The summed E-state index contributed by atoms with van der Waals surface area (Å²) in [5.41, 5.74) is 6.29. The molecule has 1 saturated carbocycles. The first-order chi connectivity index (χ1) is 13.5. The summed E-state index contributed by atoms with van der Waals surface area (Å²) in [7, 11) is 0. The maximum Gasteiger partial charge on any atom is 0.254 e. The van der Waals surface area contributed by atoms with E-state index in [2.05, 4.69) is 10.3 Å². The summed E-state index contributed by atoms with van der Waals surface area (Å²) in [6, 6.07) is 12.8. The molecule has 1 aromatic heterocycles. The third-order valence-electron chi connectivity index (χ3n) is 5.64. The zero-order valence-electron chi connectivity index (χ0n) is 15.3. The number of nitrogens with zero attached hydrogens (tertiary/aromatic N) is 1. The summed E-state index contributed by atoms with van der Waals surface area (Å²) in [5, 5.41) is 15.1. The zero-order valence-corrected chi connectivity index (χ0v) is 15.3. The van der Waals surface area contributed by atoms with Crippen LogP contribution in [0.4, 0.5) is 4.39 Å². The van der Waals surface area contributed by atoms with E-state index in [0.29, 0.717) is 30.4 Å². The number of hydrogen-bond acceptors (Lipinski definition) is 4. The van der Waals surface area contributed by atoms with E-state index in [1.807, 2.05) is 24.3 Å². The Morgan fingerprint density at radius 1 is 1.21 bits per heavy atom. The van der Waals surface area contributed by atoms with Crippen LogP contribution in [0.15, 0.2) is 60.9 Å². The largest absolute Gasteiger partial charge is 0.391 e. The molecule has 3 aromatic rings. The number of nitrogens with two attached hydrogens (primary N) is 1. The van der Waals surface area contributed by atoms with Crippen molar-refractivity contribution in [1.82, 2.24) is 10.3 Å². The lowest BCUT2D eigenvalue weighted by atomic mass is 9.71. The van der Waals surface area contributed by atoms with E-state index in [1.54, 1.807) is 18.3 Å².